The Labute approximate surface area is 134 Å². The standard InChI is InChI=1S/C15H15Br2FN2/c1-9-5-6-11(12(16)7-9)14(20-19)8-10-3-2-4-13(18)15(10)17/h2-7,14,20H,8,19H2,1H3. The molecule has 1 unspecified atom stereocenters. The van der Waals surface area contributed by atoms with Crippen LogP contribution in [0.3, 0.4) is 0 Å². The van der Waals surface area contributed by atoms with Crippen LogP contribution in [0.15, 0.2) is 45.3 Å². The zero-order valence-electron chi connectivity index (χ0n) is 11.0. The summed E-state index contributed by atoms with van der Waals surface area (Å²) >= 11 is 6.84. The van der Waals surface area contributed by atoms with Crippen LogP contribution >= 0.6 is 31.9 Å². The van der Waals surface area contributed by atoms with E-state index >= 15 is 0 Å². The number of benzene rings is 2. The van der Waals surface area contributed by atoms with Gasteiger partial charge in [-0.05, 0) is 58.1 Å². The first-order chi connectivity index (χ1) is 9.52. The quantitative estimate of drug-likeness (QED) is 0.588. The van der Waals surface area contributed by atoms with Gasteiger partial charge in [0.2, 0.25) is 0 Å². The maximum Gasteiger partial charge on any atom is 0.137 e. The molecule has 0 saturated carbocycles. The fourth-order valence-corrected chi connectivity index (χ4v) is 3.30. The predicted octanol–water partition coefficient (Wildman–Crippen LogP) is 4.41. The van der Waals surface area contributed by atoms with Crippen molar-refractivity contribution in [2.45, 2.75) is 19.4 Å². The maximum atomic E-state index is 13.6. The van der Waals surface area contributed by atoms with Crippen molar-refractivity contribution in [3.8, 4) is 0 Å². The van der Waals surface area contributed by atoms with Gasteiger partial charge in [-0.25, -0.2) is 4.39 Å². The van der Waals surface area contributed by atoms with Crippen LogP contribution in [-0.4, -0.2) is 0 Å². The summed E-state index contributed by atoms with van der Waals surface area (Å²) in [6, 6.07) is 11.0. The predicted molar refractivity (Wildman–Crippen MR) is 86.7 cm³/mol. The van der Waals surface area contributed by atoms with E-state index in [4.69, 9.17) is 5.84 Å². The van der Waals surface area contributed by atoms with Gasteiger partial charge in [0.15, 0.2) is 0 Å². The molecule has 0 fully saturated rings. The Morgan fingerprint density at radius 2 is 2.00 bits per heavy atom. The fourth-order valence-electron chi connectivity index (χ4n) is 2.10. The Morgan fingerprint density at radius 1 is 1.25 bits per heavy atom. The van der Waals surface area contributed by atoms with E-state index in [1.807, 2.05) is 31.2 Å². The van der Waals surface area contributed by atoms with Gasteiger partial charge in [0, 0.05) is 4.47 Å². The minimum absolute atomic E-state index is 0.0944. The van der Waals surface area contributed by atoms with E-state index in [-0.39, 0.29) is 11.9 Å². The lowest BCUT2D eigenvalue weighted by Gasteiger charge is -2.19. The number of rotatable bonds is 4. The summed E-state index contributed by atoms with van der Waals surface area (Å²) in [5, 5.41) is 0. The van der Waals surface area contributed by atoms with Crippen molar-refractivity contribution in [3.05, 3.63) is 67.9 Å². The van der Waals surface area contributed by atoms with E-state index in [2.05, 4.69) is 37.3 Å². The van der Waals surface area contributed by atoms with Crippen molar-refractivity contribution in [1.82, 2.24) is 5.43 Å². The van der Waals surface area contributed by atoms with Gasteiger partial charge in [0.25, 0.3) is 0 Å². The highest BCUT2D eigenvalue weighted by molar-refractivity contribution is 9.10. The van der Waals surface area contributed by atoms with Crippen LogP contribution in [0.1, 0.15) is 22.7 Å². The minimum atomic E-state index is -0.263. The average molecular weight is 402 g/mol. The molecule has 0 radical (unpaired) electrons. The smallest absolute Gasteiger partial charge is 0.137 e. The Hall–Kier alpha value is -0.750. The normalized spacial score (nSPS) is 12.4. The first kappa shape index (κ1) is 15.6. The number of hydrazine groups is 1. The van der Waals surface area contributed by atoms with Crippen molar-refractivity contribution in [2.75, 3.05) is 0 Å². The van der Waals surface area contributed by atoms with Crippen molar-refractivity contribution in [1.29, 1.82) is 0 Å². The maximum absolute atomic E-state index is 13.6. The van der Waals surface area contributed by atoms with E-state index < -0.39 is 0 Å². The van der Waals surface area contributed by atoms with E-state index in [9.17, 15) is 4.39 Å². The molecule has 0 aliphatic rings. The Kier molecular flexibility index (Phi) is 5.32. The lowest BCUT2D eigenvalue weighted by atomic mass is 9.98. The van der Waals surface area contributed by atoms with Crippen LogP contribution in [0, 0.1) is 12.7 Å². The lowest BCUT2D eigenvalue weighted by molar-refractivity contribution is 0.544. The SMILES string of the molecule is Cc1ccc(C(Cc2cccc(F)c2Br)NN)c(Br)c1. The number of hydrogen-bond acceptors (Lipinski definition) is 2. The first-order valence-electron chi connectivity index (χ1n) is 6.18. The van der Waals surface area contributed by atoms with Crippen molar-refractivity contribution < 1.29 is 4.39 Å². The van der Waals surface area contributed by atoms with Gasteiger partial charge in [0.05, 0.1) is 10.5 Å². The summed E-state index contributed by atoms with van der Waals surface area (Å²) in [4.78, 5) is 0. The third-order valence-electron chi connectivity index (χ3n) is 3.19. The van der Waals surface area contributed by atoms with Crippen molar-refractivity contribution in [2.24, 2.45) is 5.84 Å². The monoisotopic (exact) mass is 400 g/mol. The second kappa shape index (κ2) is 6.80. The molecular formula is C15H15Br2FN2. The number of nitrogens with one attached hydrogen (secondary N) is 1. The summed E-state index contributed by atoms with van der Waals surface area (Å²) in [6.07, 6.45) is 0.594. The van der Waals surface area contributed by atoms with E-state index in [0.29, 0.717) is 10.9 Å². The summed E-state index contributed by atoms with van der Waals surface area (Å²) in [5.41, 5.74) is 5.90. The molecule has 5 heteroatoms. The largest absolute Gasteiger partial charge is 0.271 e. The highest BCUT2D eigenvalue weighted by Gasteiger charge is 2.16. The molecule has 20 heavy (non-hydrogen) atoms. The van der Waals surface area contributed by atoms with Gasteiger partial charge in [-0.15, -0.1) is 0 Å². The van der Waals surface area contributed by atoms with Gasteiger partial charge in [-0.3, -0.25) is 11.3 Å². The molecular weight excluding hydrogens is 387 g/mol. The van der Waals surface area contributed by atoms with Crippen LogP contribution in [0.4, 0.5) is 4.39 Å². The van der Waals surface area contributed by atoms with E-state index in [0.717, 1.165) is 15.6 Å². The molecule has 0 saturated heterocycles. The topological polar surface area (TPSA) is 38.0 Å². The third-order valence-corrected chi connectivity index (χ3v) is 4.76. The number of aryl methyl sites for hydroxylation is 1. The number of hydrogen-bond donors (Lipinski definition) is 2. The molecule has 0 bridgehead atoms. The Bertz CT molecular complexity index is 617. The lowest BCUT2D eigenvalue weighted by Crippen LogP contribution is -2.30. The molecule has 106 valence electrons. The van der Waals surface area contributed by atoms with E-state index in [1.165, 1.54) is 11.6 Å². The molecule has 2 aromatic carbocycles. The summed E-state index contributed by atoms with van der Waals surface area (Å²) in [7, 11) is 0. The van der Waals surface area contributed by atoms with Crippen LogP contribution < -0.4 is 11.3 Å². The Balaban J connectivity index is 2.31. The summed E-state index contributed by atoms with van der Waals surface area (Å²) in [5.74, 6) is 5.41. The molecule has 0 amide bonds. The van der Waals surface area contributed by atoms with Crippen LogP contribution in [0.5, 0.6) is 0 Å². The number of nitrogens with two attached hydrogens (primary N) is 1. The number of halogens is 3. The van der Waals surface area contributed by atoms with Gasteiger partial charge >= 0.3 is 0 Å². The molecule has 0 spiro atoms. The summed E-state index contributed by atoms with van der Waals surface area (Å²) in [6.45, 7) is 2.03. The van der Waals surface area contributed by atoms with E-state index in [1.54, 1.807) is 6.07 Å². The minimum Gasteiger partial charge on any atom is -0.271 e. The Morgan fingerprint density at radius 3 is 2.65 bits per heavy atom. The second-order valence-corrected chi connectivity index (χ2v) is 6.31. The third kappa shape index (κ3) is 3.47. The zero-order chi connectivity index (χ0) is 14.7. The van der Waals surface area contributed by atoms with Crippen LogP contribution in [0.2, 0.25) is 0 Å². The highest BCUT2D eigenvalue weighted by atomic mass is 79.9. The molecule has 3 N–H and O–H groups in total. The fraction of sp³-hybridized carbons (Fsp3) is 0.200. The zero-order valence-corrected chi connectivity index (χ0v) is 14.1. The molecule has 2 aromatic rings. The summed E-state index contributed by atoms with van der Waals surface area (Å²) < 4.78 is 15.0. The average Bonchev–Trinajstić information content (AvgIpc) is 2.41. The molecule has 1 atom stereocenters. The molecule has 2 rings (SSSR count). The van der Waals surface area contributed by atoms with Crippen LogP contribution in [0.25, 0.3) is 0 Å². The van der Waals surface area contributed by atoms with Crippen LogP contribution in [-0.2, 0) is 6.42 Å². The molecule has 0 aromatic heterocycles. The molecule has 0 aliphatic heterocycles. The van der Waals surface area contributed by atoms with Crippen molar-refractivity contribution >= 4 is 31.9 Å². The second-order valence-electron chi connectivity index (χ2n) is 4.66. The van der Waals surface area contributed by atoms with Gasteiger partial charge < -0.3 is 0 Å². The van der Waals surface area contributed by atoms with Gasteiger partial charge in [-0.2, -0.15) is 0 Å². The molecule has 0 heterocycles. The highest BCUT2D eigenvalue weighted by Crippen LogP contribution is 2.29. The van der Waals surface area contributed by atoms with Gasteiger partial charge in [0.1, 0.15) is 5.82 Å². The van der Waals surface area contributed by atoms with Crippen molar-refractivity contribution in [3.63, 3.8) is 0 Å². The van der Waals surface area contributed by atoms with Gasteiger partial charge in [-0.1, -0.05) is 40.2 Å². The first-order valence-corrected chi connectivity index (χ1v) is 7.76. The molecule has 2 nitrogen and oxygen atoms in total. The molecule has 0 aliphatic carbocycles.